The van der Waals surface area contributed by atoms with Gasteiger partial charge in [-0.15, -0.1) is 0 Å². The molecule has 2 aliphatic rings. The highest BCUT2D eigenvalue weighted by molar-refractivity contribution is 5.64. The summed E-state index contributed by atoms with van der Waals surface area (Å²) in [7, 11) is 2.15. The van der Waals surface area contributed by atoms with E-state index in [1.165, 1.54) is 35.1 Å². The Hall–Kier alpha value is -3.19. The van der Waals surface area contributed by atoms with Crippen molar-refractivity contribution >= 4 is 11.6 Å². The van der Waals surface area contributed by atoms with Crippen LogP contribution in [0.1, 0.15) is 46.6 Å². The second-order valence-corrected chi connectivity index (χ2v) is 8.74. The average molecular weight is 417 g/mol. The average Bonchev–Trinajstić information content (AvgIpc) is 3.58. The van der Waals surface area contributed by atoms with E-state index in [2.05, 4.69) is 41.0 Å². The lowest BCUT2D eigenvalue weighted by molar-refractivity contribution is 0.293. The van der Waals surface area contributed by atoms with E-state index >= 15 is 0 Å². The third-order valence-corrected chi connectivity index (χ3v) is 6.24. The van der Waals surface area contributed by atoms with Crippen molar-refractivity contribution in [3.8, 4) is 17.1 Å². The van der Waals surface area contributed by atoms with Crippen LogP contribution < -0.4 is 16.2 Å². The monoisotopic (exact) mass is 416 g/mol. The lowest BCUT2D eigenvalue weighted by atomic mass is 9.92. The first-order valence-corrected chi connectivity index (χ1v) is 10.8. The Morgan fingerprint density at radius 1 is 1.13 bits per heavy atom. The molecule has 1 aliphatic carbocycles. The first-order valence-electron chi connectivity index (χ1n) is 10.8. The molecule has 0 amide bonds. The largest absolute Gasteiger partial charge is 0.470 e. The molecule has 0 saturated heterocycles. The maximum absolute atomic E-state index is 6.09. The maximum Gasteiger partial charge on any atom is 0.258 e. The number of benzene rings is 1. The summed E-state index contributed by atoms with van der Waals surface area (Å²) in [6, 6.07) is 6.28. The molecule has 3 aromatic rings. The Kier molecular flexibility index (Phi) is 4.98. The van der Waals surface area contributed by atoms with Crippen LogP contribution in [0, 0.1) is 6.92 Å². The van der Waals surface area contributed by atoms with Crippen molar-refractivity contribution in [2.24, 2.45) is 0 Å². The summed E-state index contributed by atoms with van der Waals surface area (Å²) < 4.78 is 6.03. The quantitative estimate of drug-likeness (QED) is 0.656. The Labute approximate surface area is 182 Å². The zero-order valence-corrected chi connectivity index (χ0v) is 18.1. The van der Waals surface area contributed by atoms with Crippen LogP contribution >= 0.6 is 0 Å². The van der Waals surface area contributed by atoms with Crippen LogP contribution in [0.25, 0.3) is 11.3 Å². The summed E-state index contributed by atoms with van der Waals surface area (Å²) in [6.45, 7) is 4.55. The molecule has 5 rings (SSSR count). The number of aromatic nitrogens is 3. The molecular weight excluding hydrogens is 388 g/mol. The Bertz CT molecular complexity index is 1140. The number of anilines is 2. The number of rotatable bonds is 5. The maximum atomic E-state index is 6.09. The van der Waals surface area contributed by atoms with Crippen molar-refractivity contribution in [2.75, 3.05) is 25.1 Å². The van der Waals surface area contributed by atoms with Crippen LogP contribution in [0.2, 0.25) is 0 Å². The number of pyridine rings is 1. The fraction of sp³-hybridized carbons (Fsp3) is 0.375. The van der Waals surface area contributed by atoms with Crippen LogP contribution in [0.15, 0.2) is 30.6 Å². The highest BCUT2D eigenvalue weighted by Gasteiger charge is 2.27. The number of nitrogens with two attached hydrogens (primary N) is 2. The number of hydrogen-bond acceptors (Lipinski definition) is 7. The van der Waals surface area contributed by atoms with E-state index in [0.29, 0.717) is 24.2 Å². The van der Waals surface area contributed by atoms with Crippen LogP contribution in [0.4, 0.5) is 11.6 Å². The lowest BCUT2D eigenvalue weighted by Gasteiger charge is -2.27. The number of ether oxygens (including phenoxy) is 1. The summed E-state index contributed by atoms with van der Waals surface area (Å²) in [6.07, 6.45) is 7.03. The normalized spacial score (nSPS) is 16.2. The van der Waals surface area contributed by atoms with E-state index in [-0.39, 0.29) is 5.82 Å². The fourth-order valence-corrected chi connectivity index (χ4v) is 4.40. The third-order valence-electron chi connectivity index (χ3n) is 6.24. The first-order chi connectivity index (χ1) is 15.0. The molecule has 4 N–H and O–H groups in total. The van der Waals surface area contributed by atoms with Gasteiger partial charge in [0.15, 0.2) is 5.82 Å². The lowest BCUT2D eigenvalue weighted by Crippen LogP contribution is -2.27. The van der Waals surface area contributed by atoms with Crippen molar-refractivity contribution in [3.63, 3.8) is 0 Å². The highest BCUT2D eigenvalue weighted by atomic mass is 16.5. The van der Waals surface area contributed by atoms with Crippen LogP contribution in [-0.4, -0.2) is 33.4 Å². The van der Waals surface area contributed by atoms with Crippen LogP contribution in [-0.2, 0) is 19.6 Å². The number of likely N-dealkylation sites (N-methyl/N-ethyl adjacent to an activating group) is 1. The van der Waals surface area contributed by atoms with Gasteiger partial charge in [0.1, 0.15) is 12.4 Å². The minimum absolute atomic E-state index is 0.285. The minimum atomic E-state index is 0.285. The summed E-state index contributed by atoms with van der Waals surface area (Å²) in [4.78, 5) is 15.6. The van der Waals surface area contributed by atoms with Gasteiger partial charge in [0.25, 0.3) is 5.88 Å². The van der Waals surface area contributed by atoms with Gasteiger partial charge in [-0.25, -0.2) is 15.0 Å². The number of fused-ring (bicyclic) bond motifs is 1. The molecule has 7 heteroatoms. The molecule has 3 heterocycles. The van der Waals surface area contributed by atoms with Gasteiger partial charge in [0.2, 0.25) is 0 Å². The fourth-order valence-electron chi connectivity index (χ4n) is 4.40. The van der Waals surface area contributed by atoms with E-state index in [1.54, 1.807) is 6.20 Å². The molecule has 0 unspecified atom stereocenters. The minimum Gasteiger partial charge on any atom is -0.470 e. The van der Waals surface area contributed by atoms with E-state index in [0.717, 1.165) is 36.3 Å². The van der Waals surface area contributed by atoms with Crippen molar-refractivity contribution in [1.82, 2.24) is 19.9 Å². The summed E-state index contributed by atoms with van der Waals surface area (Å²) in [5.74, 6) is 1.68. The van der Waals surface area contributed by atoms with Gasteiger partial charge in [-0.2, -0.15) is 0 Å². The van der Waals surface area contributed by atoms with E-state index in [4.69, 9.17) is 21.2 Å². The molecule has 160 valence electrons. The van der Waals surface area contributed by atoms with Gasteiger partial charge in [0.05, 0.1) is 11.9 Å². The van der Waals surface area contributed by atoms with Gasteiger partial charge < -0.3 is 21.1 Å². The highest BCUT2D eigenvalue weighted by Crippen LogP contribution is 2.42. The van der Waals surface area contributed by atoms with Crippen LogP contribution in [0.3, 0.4) is 0 Å². The molecule has 1 saturated carbocycles. The molecule has 0 atom stereocenters. The van der Waals surface area contributed by atoms with Crippen molar-refractivity contribution in [2.45, 2.75) is 45.3 Å². The molecule has 7 nitrogen and oxygen atoms in total. The van der Waals surface area contributed by atoms with Crippen molar-refractivity contribution < 1.29 is 4.74 Å². The number of hydrogen-bond donors (Lipinski definition) is 2. The molecule has 1 fully saturated rings. The molecule has 2 aromatic heterocycles. The van der Waals surface area contributed by atoms with E-state index in [1.807, 2.05) is 12.3 Å². The third kappa shape index (κ3) is 4.05. The molecule has 1 aromatic carbocycles. The van der Waals surface area contributed by atoms with Crippen LogP contribution in [0.5, 0.6) is 5.88 Å². The van der Waals surface area contributed by atoms with Crippen molar-refractivity contribution in [1.29, 1.82) is 0 Å². The van der Waals surface area contributed by atoms with Gasteiger partial charge >= 0.3 is 0 Å². The molecule has 0 bridgehead atoms. The zero-order chi connectivity index (χ0) is 21.5. The Balaban J connectivity index is 1.42. The predicted octanol–water partition coefficient (Wildman–Crippen LogP) is 3.46. The Morgan fingerprint density at radius 2 is 1.97 bits per heavy atom. The van der Waals surface area contributed by atoms with Crippen molar-refractivity contribution in [3.05, 3.63) is 58.4 Å². The summed E-state index contributed by atoms with van der Waals surface area (Å²) in [5.41, 5.74) is 20.1. The standard InChI is InChI=1S/C24H28N6O/c1-14-7-16(8-17-12-30(2)6-5-19(14)17)21-11-28-23(26)24(29-21)31-13-18-9-22(25)27-10-20(18)15-3-4-15/h7-11,15H,3-6,12-13H2,1-2H3,(H2,25,27)(H2,26,28). The van der Waals surface area contributed by atoms with E-state index < -0.39 is 0 Å². The molecule has 0 spiro atoms. The topological polar surface area (TPSA) is 103 Å². The molecule has 1 aliphatic heterocycles. The molecule has 31 heavy (non-hydrogen) atoms. The second kappa shape index (κ2) is 7.81. The number of nitrogens with zero attached hydrogens (tertiary/aromatic N) is 4. The predicted molar refractivity (Wildman–Crippen MR) is 122 cm³/mol. The van der Waals surface area contributed by atoms with Gasteiger partial charge in [0, 0.05) is 24.8 Å². The number of aryl methyl sites for hydroxylation is 1. The SMILES string of the molecule is Cc1cc(-c2cnc(N)c(OCc3cc(N)ncc3C3CC3)n2)cc2c1CCN(C)C2. The second-order valence-electron chi connectivity index (χ2n) is 8.74. The molecular formula is C24H28N6O. The Morgan fingerprint density at radius 3 is 2.77 bits per heavy atom. The van der Waals surface area contributed by atoms with Gasteiger partial charge in [-0.05, 0) is 85.2 Å². The summed E-state index contributed by atoms with van der Waals surface area (Å²) >= 11 is 0. The zero-order valence-electron chi connectivity index (χ0n) is 18.1. The van der Waals surface area contributed by atoms with Gasteiger partial charge in [-0.1, -0.05) is 0 Å². The first kappa shape index (κ1) is 19.8. The smallest absolute Gasteiger partial charge is 0.258 e. The molecule has 0 radical (unpaired) electrons. The number of nitrogen functional groups attached to an aromatic ring is 2. The van der Waals surface area contributed by atoms with E-state index in [9.17, 15) is 0 Å². The van der Waals surface area contributed by atoms with Gasteiger partial charge in [-0.3, -0.25) is 0 Å². The summed E-state index contributed by atoms with van der Waals surface area (Å²) in [5, 5.41) is 0.